The largest absolute Gasteiger partial charge is 0.526 e. The van der Waals surface area contributed by atoms with Crippen molar-refractivity contribution in [3.05, 3.63) is 101 Å². The molecular formula is C16H10N2. The van der Waals surface area contributed by atoms with Gasteiger partial charge in [-0.25, -0.2) is 0 Å². The van der Waals surface area contributed by atoms with Gasteiger partial charge in [0.25, 0.3) is 0 Å². The van der Waals surface area contributed by atoms with Gasteiger partial charge in [-0.3, -0.25) is 0 Å². The fourth-order valence-electron chi connectivity index (χ4n) is 1.67. The highest BCUT2D eigenvalue weighted by Crippen LogP contribution is 2.21. The van der Waals surface area contributed by atoms with Crippen molar-refractivity contribution in [3.8, 4) is 0 Å². The van der Waals surface area contributed by atoms with Gasteiger partial charge in [-0.2, -0.15) is 9.69 Å². The molecule has 0 unspecified atom stereocenters. The number of hydrogen-bond donors (Lipinski definition) is 0. The Bertz CT molecular complexity index is 629. The van der Waals surface area contributed by atoms with E-state index in [0.717, 1.165) is 11.1 Å². The summed E-state index contributed by atoms with van der Waals surface area (Å²) in [6, 6.07) is 10.0. The number of hydrogen-bond acceptors (Lipinski definition) is 0. The zero-order chi connectivity index (χ0) is 12.8. The molecule has 1 aliphatic carbocycles. The van der Waals surface area contributed by atoms with E-state index >= 15 is 0 Å². The Balaban J connectivity index is 2.39. The smallest absolute Gasteiger partial charge is 0.153 e. The van der Waals surface area contributed by atoms with Gasteiger partial charge >= 0.3 is 5.82 Å². The molecule has 0 amide bonds. The second kappa shape index (κ2) is 5.48. The lowest BCUT2D eigenvalue weighted by molar-refractivity contribution is 1.56. The average Bonchev–Trinajstić information content (AvgIpc) is 2.67. The first kappa shape index (κ1) is 11.6. The van der Waals surface area contributed by atoms with Crippen molar-refractivity contribution in [2.24, 2.45) is 0 Å². The zero-order valence-electron chi connectivity index (χ0n) is 9.67. The Kier molecular flexibility index (Phi) is 3.54. The predicted molar refractivity (Wildman–Crippen MR) is 72.9 cm³/mol. The molecule has 2 heteroatoms. The van der Waals surface area contributed by atoms with Crippen LogP contribution in [0.4, 0.5) is 0 Å². The lowest BCUT2D eigenvalue weighted by Crippen LogP contribution is -1.79. The minimum atomic E-state index is 0.102. The Hall–Kier alpha value is -2.84. The highest BCUT2D eigenvalue weighted by molar-refractivity contribution is 5.77. The molecule has 2 rings (SSSR count). The first-order chi connectivity index (χ1) is 8.85. The normalized spacial score (nSPS) is 13.2. The van der Waals surface area contributed by atoms with E-state index in [2.05, 4.69) is 9.69 Å². The van der Waals surface area contributed by atoms with E-state index in [9.17, 15) is 0 Å². The maximum absolute atomic E-state index is 6.95. The third kappa shape index (κ3) is 2.45. The first-order valence-corrected chi connectivity index (χ1v) is 5.46. The SMILES string of the molecule is [C-]#[N+]C([N+]#[C-])=C1C=CC=C(c2ccccc2)C=C1. The maximum Gasteiger partial charge on any atom is 0.526 e. The van der Waals surface area contributed by atoms with E-state index < -0.39 is 0 Å². The number of nitrogens with zero attached hydrogens (tertiary/aromatic N) is 2. The zero-order valence-corrected chi connectivity index (χ0v) is 9.67. The molecule has 18 heavy (non-hydrogen) atoms. The van der Waals surface area contributed by atoms with Gasteiger partial charge in [-0.15, -0.1) is 0 Å². The van der Waals surface area contributed by atoms with E-state index in [1.807, 2.05) is 54.6 Å². The Morgan fingerprint density at radius 1 is 0.889 bits per heavy atom. The topological polar surface area (TPSA) is 8.72 Å². The van der Waals surface area contributed by atoms with E-state index in [1.54, 1.807) is 6.08 Å². The minimum Gasteiger partial charge on any atom is -0.153 e. The molecular weight excluding hydrogens is 220 g/mol. The summed E-state index contributed by atoms with van der Waals surface area (Å²) >= 11 is 0. The molecule has 0 saturated carbocycles. The van der Waals surface area contributed by atoms with Crippen molar-refractivity contribution < 1.29 is 0 Å². The monoisotopic (exact) mass is 230 g/mol. The van der Waals surface area contributed by atoms with Gasteiger partial charge < -0.3 is 0 Å². The number of allylic oxidation sites excluding steroid dienone is 7. The van der Waals surface area contributed by atoms with Gasteiger partial charge in [0.15, 0.2) is 0 Å². The molecule has 0 spiro atoms. The standard InChI is InChI=1S/C16H10N2/c1-17-16(18-2)15-10-6-9-14(11-12-15)13-7-4-3-5-8-13/h3-12H. The maximum atomic E-state index is 6.95. The Morgan fingerprint density at radius 3 is 2.28 bits per heavy atom. The van der Waals surface area contributed by atoms with Crippen LogP contribution in [0.2, 0.25) is 0 Å². The van der Waals surface area contributed by atoms with E-state index in [1.165, 1.54) is 0 Å². The molecule has 0 bridgehead atoms. The molecule has 0 atom stereocenters. The molecule has 0 N–H and O–H groups in total. The summed E-state index contributed by atoms with van der Waals surface area (Å²) in [5.74, 6) is 0.102. The fourth-order valence-corrected chi connectivity index (χ4v) is 1.67. The highest BCUT2D eigenvalue weighted by Gasteiger charge is 2.10. The molecule has 2 nitrogen and oxygen atoms in total. The second-order valence-electron chi connectivity index (χ2n) is 3.68. The van der Waals surface area contributed by atoms with Gasteiger partial charge in [0.05, 0.1) is 5.57 Å². The fraction of sp³-hybridized carbons (Fsp3) is 0. The number of benzene rings is 1. The second-order valence-corrected chi connectivity index (χ2v) is 3.68. The molecule has 0 fully saturated rings. The van der Waals surface area contributed by atoms with Crippen LogP contribution in [0, 0.1) is 13.1 Å². The lowest BCUT2D eigenvalue weighted by atomic mass is 10.1. The summed E-state index contributed by atoms with van der Waals surface area (Å²) in [6.07, 6.45) is 9.38. The van der Waals surface area contributed by atoms with Gasteiger partial charge in [0, 0.05) is 0 Å². The average molecular weight is 230 g/mol. The van der Waals surface area contributed by atoms with Crippen LogP contribution in [0.3, 0.4) is 0 Å². The van der Waals surface area contributed by atoms with Gasteiger partial charge in [0.2, 0.25) is 0 Å². The van der Waals surface area contributed by atoms with Crippen molar-refractivity contribution in [1.82, 2.24) is 0 Å². The quantitative estimate of drug-likeness (QED) is 0.638. The molecule has 84 valence electrons. The molecule has 0 radical (unpaired) electrons. The van der Waals surface area contributed by atoms with Crippen LogP contribution in [0.15, 0.2) is 72.1 Å². The van der Waals surface area contributed by atoms with Gasteiger partial charge in [0.1, 0.15) is 13.1 Å². The van der Waals surface area contributed by atoms with Crippen LogP contribution in [-0.4, -0.2) is 0 Å². The van der Waals surface area contributed by atoms with Crippen LogP contribution in [0.1, 0.15) is 5.56 Å². The molecule has 0 heterocycles. The van der Waals surface area contributed by atoms with Gasteiger partial charge in [-0.05, 0) is 11.1 Å². The lowest BCUT2D eigenvalue weighted by Gasteiger charge is -1.99. The molecule has 0 saturated heterocycles. The van der Waals surface area contributed by atoms with Gasteiger partial charge in [-0.1, -0.05) is 60.7 Å². The minimum absolute atomic E-state index is 0.102. The van der Waals surface area contributed by atoms with Crippen LogP contribution in [0.25, 0.3) is 15.3 Å². The highest BCUT2D eigenvalue weighted by atomic mass is 14.9. The summed E-state index contributed by atoms with van der Waals surface area (Å²) in [5.41, 5.74) is 2.84. The first-order valence-electron chi connectivity index (χ1n) is 5.46. The molecule has 1 aromatic rings. The van der Waals surface area contributed by atoms with Crippen molar-refractivity contribution in [2.75, 3.05) is 0 Å². The van der Waals surface area contributed by atoms with Crippen molar-refractivity contribution in [3.63, 3.8) is 0 Å². The summed E-state index contributed by atoms with van der Waals surface area (Å²) in [4.78, 5) is 6.44. The van der Waals surface area contributed by atoms with Crippen molar-refractivity contribution in [1.29, 1.82) is 0 Å². The van der Waals surface area contributed by atoms with Crippen LogP contribution in [0.5, 0.6) is 0 Å². The van der Waals surface area contributed by atoms with E-state index in [0.29, 0.717) is 5.57 Å². The summed E-state index contributed by atoms with van der Waals surface area (Å²) < 4.78 is 0. The molecule has 0 aliphatic heterocycles. The third-order valence-corrected chi connectivity index (χ3v) is 2.57. The summed E-state index contributed by atoms with van der Waals surface area (Å²) in [7, 11) is 0. The Morgan fingerprint density at radius 2 is 1.61 bits per heavy atom. The van der Waals surface area contributed by atoms with Crippen LogP contribution >= 0.6 is 0 Å². The molecule has 0 aromatic heterocycles. The number of rotatable bonds is 1. The molecule has 1 aromatic carbocycles. The van der Waals surface area contributed by atoms with Crippen LogP contribution in [-0.2, 0) is 0 Å². The van der Waals surface area contributed by atoms with Crippen LogP contribution < -0.4 is 0 Å². The third-order valence-electron chi connectivity index (χ3n) is 2.57. The Labute approximate surface area is 107 Å². The molecule has 1 aliphatic rings. The predicted octanol–water partition coefficient (Wildman–Crippen LogP) is 4.25. The van der Waals surface area contributed by atoms with E-state index in [4.69, 9.17) is 13.1 Å². The van der Waals surface area contributed by atoms with E-state index in [-0.39, 0.29) is 5.82 Å². The summed E-state index contributed by atoms with van der Waals surface area (Å²) in [5, 5.41) is 0. The summed E-state index contributed by atoms with van der Waals surface area (Å²) in [6.45, 7) is 13.9. The van der Waals surface area contributed by atoms with Crippen molar-refractivity contribution >= 4 is 5.57 Å². The van der Waals surface area contributed by atoms with Crippen molar-refractivity contribution in [2.45, 2.75) is 0 Å².